The van der Waals surface area contributed by atoms with Crippen molar-refractivity contribution in [2.24, 2.45) is 0 Å². The number of amides is 1. The molecule has 1 heterocycles. The predicted octanol–water partition coefficient (Wildman–Crippen LogP) is 10.9. The second-order valence-electron chi connectivity index (χ2n) is 15.5. The Morgan fingerprint density at radius 1 is 0.774 bits per heavy atom. The van der Waals surface area contributed by atoms with Crippen LogP contribution < -0.4 is 19.7 Å². The molecule has 1 N–H and O–H groups in total. The summed E-state index contributed by atoms with van der Waals surface area (Å²) in [6.07, 6.45) is 10.7. The van der Waals surface area contributed by atoms with Gasteiger partial charge < -0.3 is 14.4 Å². The topological polar surface area (TPSA) is 87.8 Å². The second-order valence-corrected chi connectivity index (χ2v) is 17.4. The molecule has 1 fully saturated rings. The van der Waals surface area contributed by atoms with Crippen molar-refractivity contribution in [3.8, 4) is 11.5 Å². The zero-order valence-corrected chi connectivity index (χ0v) is 32.8. The maximum atomic E-state index is 14.4. The molecule has 4 aromatic rings. The average Bonchev–Trinajstić information content (AvgIpc) is 3.14. The van der Waals surface area contributed by atoms with Crippen LogP contribution in [0.25, 0.3) is 0 Å². The minimum atomic E-state index is -3.75. The van der Waals surface area contributed by atoms with Gasteiger partial charge in [-0.25, -0.2) is 4.57 Å². The molecule has 7 nitrogen and oxygen atoms in total. The second kappa shape index (κ2) is 18.2. The minimum absolute atomic E-state index is 0.0114. The summed E-state index contributed by atoms with van der Waals surface area (Å²) in [5.41, 5.74) is 1.48. The number of carbonyl (C=O) groups is 1. The van der Waals surface area contributed by atoms with Crippen LogP contribution in [0, 0.1) is 0 Å². The van der Waals surface area contributed by atoms with E-state index in [4.69, 9.17) is 9.05 Å². The van der Waals surface area contributed by atoms with Gasteiger partial charge in [0.1, 0.15) is 11.5 Å². The standard InChI is InChI=1S/C45H56N2O5P/c1-6-35(37-28-30-42(31-29-37)53(50,51-40-23-15-10-16-24-40)52-41-25-17-11-18-26-41)32-38(36-20-13-9-14-21-36)22-12-7-8-19-27-43(48)46-39-33-44(2,3)47(49)45(4,5)34-39/h7,9-18,20-21,23-26,28-31,35,38-39H,6,8,19,22,27,32-34H2,1-5H3,(H,46,48)/b12-7+. The third-order valence-corrected chi connectivity index (χ3v) is 12.1. The van der Waals surface area contributed by atoms with Gasteiger partial charge in [0.2, 0.25) is 5.91 Å². The fourth-order valence-corrected chi connectivity index (χ4v) is 9.25. The van der Waals surface area contributed by atoms with Gasteiger partial charge in [-0.2, -0.15) is 0 Å². The number of rotatable bonds is 17. The SMILES string of the molecule is CCC(CC(C/C=C/CCCC(=O)NC1CC(C)(C)N([O])C(C)(C)C1)c1ccccc1)c1ccc(P(=O)(Oc2ccccc2)Oc2ccccc2)cc1. The van der Waals surface area contributed by atoms with Gasteiger partial charge in [-0.05, 0) is 132 Å². The Morgan fingerprint density at radius 3 is 1.81 bits per heavy atom. The molecular weight excluding hydrogens is 679 g/mol. The molecule has 1 saturated heterocycles. The van der Waals surface area contributed by atoms with Crippen LogP contribution in [-0.4, -0.2) is 28.1 Å². The van der Waals surface area contributed by atoms with Gasteiger partial charge in [0.05, 0.1) is 5.30 Å². The fourth-order valence-electron chi connectivity index (χ4n) is 7.69. The van der Waals surface area contributed by atoms with Crippen LogP contribution in [0.15, 0.2) is 127 Å². The summed E-state index contributed by atoms with van der Waals surface area (Å²) in [7, 11) is -3.75. The highest BCUT2D eigenvalue weighted by Gasteiger charge is 2.46. The third-order valence-electron chi connectivity index (χ3n) is 10.3. The van der Waals surface area contributed by atoms with Crippen molar-refractivity contribution in [2.45, 2.75) is 115 Å². The summed E-state index contributed by atoms with van der Waals surface area (Å²) in [5, 5.41) is 17.6. The lowest BCUT2D eigenvalue weighted by Crippen LogP contribution is -2.62. The molecule has 4 aromatic carbocycles. The van der Waals surface area contributed by atoms with Crippen molar-refractivity contribution in [2.75, 3.05) is 0 Å². The van der Waals surface area contributed by atoms with Crippen LogP contribution in [-0.2, 0) is 14.6 Å². The van der Waals surface area contributed by atoms with E-state index in [2.05, 4.69) is 66.9 Å². The lowest BCUT2D eigenvalue weighted by Gasteiger charge is -2.50. The number of carbonyl (C=O) groups excluding carboxylic acids is 1. The molecule has 0 aliphatic carbocycles. The van der Waals surface area contributed by atoms with Crippen LogP contribution in [0.4, 0.5) is 0 Å². The molecule has 2 unspecified atom stereocenters. The molecule has 1 amide bonds. The summed E-state index contributed by atoms with van der Waals surface area (Å²) < 4.78 is 26.5. The highest BCUT2D eigenvalue weighted by molar-refractivity contribution is 7.63. The number of allylic oxidation sites excluding steroid dienone is 2. The largest absolute Gasteiger partial charge is 0.462 e. The van der Waals surface area contributed by atoms with Gasteiger partial charge in [-0.15, -0.1) is 10.3 Å². The van der Waals surface area contributed by atoms with E-state index in [9.17, 15) is 14.6 Å². The molecule has 53 heavy (non-hydrogen) atoms. The molecule has 5 rings (SSSR count). The number of para-hydroxylation sites is 2. The van der Waals surface area contributed by atoms with Crippen LogP contribution in [0.5, 0.6) is 11.5 Å². The zero-order valence-electron chi connectivity index (χ0n) is 31.9. The lowest BCUT2D eigenvalue weighted by atomic mass is 9.79. The molecular formula is C45H56N2O5P. The molecule has 1 aliphatic rings. The van der Waals surface area contributed by atoms with Crippen LogP contribution >= 0.6 is 7.60 Å². The monoisotopic (exact) mass is 735 g/mol. The Labute approximate surface area is 316 Å². The predicted molar refractivity (Wildman–Crippen MR) is 214 cm³/mol. The number of hydroxylamine groups is 2. The summed E-state index contributed by atoms with van der Waals surface area (Å²) in [6, 6.07) is 36.8. The Balaban J connectivity index is 1.20. The summed E-state index contributed by atoms with van der Waals surface area (Å²) >= 11 is 0. The number of nitrogens with one attached hydrogen (secondary N) is 1. The van der Waals surface area contributed by atoms with Crippen molar-refractivity contribution in [3.63, 3.8) is 0 Å². The number of hydrogen-bond donors (Lipinski definition) is 1. The minimum Gasteiger partial charge on any atom is -0.413 e. The van der Waals surface area contributed by atoms with E-state index < -0.39 is 18.7 Å². The zero-order chi connectivity index (χ0) is 37.9. The number of benzene rings is 4. The van der Waals surface area contributed by atoms with E-state index in [0.29, 0.717) is 47.9 Å². The molecule has 0 spiro atoms. The summed E-state index contributed by atoms with van der Waals surface area (Å²) in [5.74, 6) is 1.63. The van der Waals surface area contributed by atoms with Gasteiger partial charge in [0, 0.05) is 23.5 Å². The van der Waals surface area contributed by atoms with Crippen LogP contribution in [0.3, 0.4) is 0 Å². The van der Waals surface area contributed by atoms with Crippen molar-refractivity contribution < 1.29 is 23.6 Å². The third kappa shape index (κ3) is 11.2. The van der Waals surface area contributed by atoms with E-state index in [0.717, 1.165) is 32.1 Å². The lowest BCUT2D eigenvalue weighted by molar-refractivity contribution is -0.290. The normalized spacial score (nSPS) is 17.2. The number of nitrogens with zero attached hydrogens (tertiary/aromatic N) is 1. The first-order valence-corrected chi connectivity index (χ1v) is 20.6. The Bertz CT molecular complexity index is 1730. The fraction of sp³-hybridized carbons (Fsp3) is 0.400. The molecule has 281 valence electrons. The molecule has 8 heteroatoms. The molecule has 0 bridgehead atoms. The van der Waals surface area contributed by atoms with Gasteiger partial charge in [0.15, 0.2) is 0 Å². The summed E-state index contributed by atoms with van der Waals surface area (Å²) in [6.45, 7) is 10.0. The van der Waals surface area contributed by atoms with Gasteiger partial charge in [-0.1, -0.05) is 97.9 Å². The van der Waals surface area contributed by atoms with Gasteiger partial charge >= 0.3 is 7.60 Å². The quantitative estimate of drug-likeness (QED) is 0.0663. The van der Waals surface area contributed by atoms with Gasteiger partial charge in [0.25, 0.3) is 0 Å². The van der Waals surface area contributed by atoms with E-state index in [1.165, 1.54) is 16.2 Å². The average molecular weight is 736 g/mol. The summed E-state index contributed by atoms with van der Waals surface area (Å²) in [4.78, 5) is 12.8. The highest BCUT2D eigenvalue weighted by Crippen LogP contribution is 2.48. The maximum absolute atomic E-state index is 14.4. The van der Waals surface area contributed by atoms with E-state index in [1.54, 1.807) is 24.3 Å². The van der Waals surface area contributed by atoms with Crippen molar-refractivity contribution in [1.29, 1.82) is 0 Å². The first-order valence-electron chi connectivity index (χ1n) is 19.1. The molecule has 2 atom stereocenters. The first kappa shape index (κ1) is 40.0. The van der Waals surface area contributed by atoms with Crippen molar-refractivity contribution in [1.82, 2.24) is 10.4 Å². The van der Waals surface area contributed by atoms with Crippen LogP contribution in [0.1, 0.15) is 109 Å². The smallest absolute Gasteiger partial charge is 0.413 e. The van der Waals surface area contributed by atoms with Crippen molar-refractivity contribution in [3.05, 3.63) is 139 Å². The van der Waals surface area contributed by atoms with Crippen LogP contribution in [0.2, 0.25) is 0 Å². The number of piperidine rings is 1. The highest BCUT2D eigenvalue weighted by atomic mass is 31.2. The van der Waals surface area contributed by atoms with E-state index in [1.807, 2.05) is 76.2 Å². The number of hydrogen-bond acceptors (Lipinski definition) is 5. The molecule has 0 saturated carbocycles. The van der Waals surface area contributed by atoms with Gasteiger partial charge in [-0.3, -0.25) is 4.79 Å². The number of unbranched alkanes of at least 4 members (excludes halogenated alkanes) is 1. The Kier molecular flexibility index (Phi) is 13.8. The van der Waals surface area contributed by atoms with Crippen molar-refractivity contribution >= 4 is 18.8 Å². The molecule has 1 aliphatic heterocycles. The van der Waals surface area contributed by atoms with E-state index in [-0.39, 0.29) is 11.9 Å². The molecule has 1 radical (unpaired) electrons. The molecule has 0 aromatic heterocycles. The first-order chi connectivity index (χ1) is 25.4. The Morgan fingerprint density at radius 2 is 1.28 bits per heavy atom. The van der Waals surface area contributed by atoms with E-state index >= 15 is 0 Å². The Hall–Kier alpha value is -4.16. The maximum Gasteiger partial charge on any atom is 0.462 e.